The van der Waals surface area contributed by atoms with Crippen LogP contribution in [0.15, 0.2) is 0 Å². The smallest absolute Gasteiger partial charge is 0.326 e. The lowest BCUT2D eigenvalue weighted by Gasteiger charge is -2.32. The lowest BCUT2D eigenvalue weighted by molar-refractivity contribution is -0.145. The van der Waals surface area contributed by atoms with E-state index in [-0.39, 0.29) is 64.2 Å². The van der Waals surface area contributed by atoms with Gasteiger partial charge in [-0.1, -0.05) is 13.8 Å². The Hall–Kier alpha value is -6.97. The number of carboxylic acid groups (broad SMARTS) is 2. The number of aliphatic carboxylic acids is 2. The van der Waals surface area contributed by atoms with E-state index in [0.717, 1.165) is 11.8 Å². The fourth-order valence-corrected chi connectivity index (χ4v) is 8.94. The summed E-state index contributed by atoms with van der Waals surface area (Å²) in [5, 5.41) is 44.1. The number of amides is 11. The number of nitrogens with zero attached hydrogens (tertiary/aromatic N) is 3. The molecule has 0 radical (unpaired) electrons. The number of rotatable bonds is 28. The summed E-state index contributed by atoms with van der Waals surface area (Å²) in [6.45, 7) is 5.98. The minimum absolute atomic E-state index is 0.00796. The summed E-state index contributed by atoms with van der Waals surface area (Å²) in [4.78, 5) is 172. The van der Waals surface area contributed by atoms with Gasteiger partial charge in [0.1, 0.15) is 54.4 Å². The minimum atomic E-state index is -1.79. The number of primary amides is 2. The molecule has 0 aromatic carbocycles. The molecule has 0 aliphatic carbocycles. The number of hydrogen-bond acceptors (Lipinski definition) is 15. The van der Waals surface area contributed by atoms with Gasteiger partial charge in [0, 0.05) is 38.9 Å². The first-order chi connectivity index (χ1) is 34.3. The second-order valence-corrected chi connectivity index (χ2v) is 18.9. The van der Waals surface area contributed by atoms with Crippen molar-refractivity contribution in [1.82, 2.24) is 46.6 Å². The standard InChI is InChI=1S/C45H72N12O16/c1-22(2)20-28(45(72)73)53-38(65)26(13-16-35(62)63)50-37(64)25(11-14-32(47)59)51-42(69)36(24(4)58)54-41(68)31-10-6-18-56(31)43(70)23(3)49-39(66)30-9-7-19-57(30)44(71)27(12-15-33(48)60)52-40(67)29-8-5-17-55(29)34(61)21-46/h22-31,36,58H,5-21,46H2,1-4H3,(H2,47,59)(H2,48,60)(H,49,66)(H,50,64)(H,51,69)(H,52,67)(H,53,65)(H,54,68)(H,62,63)(H,72,73)/t23-,24+,25-,26-,27-,28-,29-,30-,31-,36-/m0/s1. The molecule has 0 bridgehead atoms. The number of aliphatic hydroxyl groups is 1. The highest BCUT2D eigenvalue weighted by Gasteiger charge is 2.43. The minimum Gasteiger partial charge on any atom is -0.481 e. The second kappa shape index (κ2) is 28.3. The Bertz CT molecular complexity index is 2090. The van der Waals surface area contributed by atoms with Crippen molar-refractivity contribution in [2.24, 2.45) is 23.1 Å². The normalized spacial score (nSPS) is 20.3. The van der Waals surface area contributed by atoms with Crippen LogP contribution < -0.4 is 49.1 Å². The number of carbonyl (C=O) groups is 13. The van der Waals surface area contributed by atoms with E-state index < -0.39 is 163 Å². The summed E-state index contributed by atoms with van der Waals surface area (Å²) in [5.74, 6) is -12.0. The zero-order chi connectivity index (χ0) is 54.9. The van der Waals surface area contributed by atoms with Gasteiger partial charge in [0.15, 0.2) is 0 Å². The van der Waals surface area contributed by atoms with E-state index in [1.807, 2.05) is 0 Å². The molecule has 15 N–H and O–H groups in total. The van der Waals surface area contributed by atoms with Crippen molar-refractivity contribution in [3.8, 4) is 0 Å². The fraction of sp³-hybridized carbons (Fsp3) is 0.711. The maximum atomic E-state index is 14.0. The molecule has 408 valence electrons. The summed E-state index contributed by atoms with van der Waals surface area (Å²) in [5.41, 5.74) is 16.2. The van der Waals surface area contributed by atoms with Gasteiger partial charge in [-0.05, 0) is 84.0 Å². The lowest BCUT2D eigenvalue weighted by atomic mass is 10.0. The van der Waals surface area contributed by atoms with Gasteiger partial charge in [0.25, 0.3) is 0 Å². The molecule has 0 unspecified atom stereocenters. The molecule has 3 aliphatic heterocycles. The van der Waals surface area contributed by atoms with Crippen LogP contribution in [0.5, 0.6) is 0 Å². The summed E-state index contributed by atoms with van der Waals surface area (Å²) in [6, 6.07) is -12.3. The van der Waals surface area contributed by atoms with Crippen molar-refractivity contribution in [1.29, 1.82) is 0 Å². The first kappa shape index (κ1) is 60.3. The molecule has 0 spiro atoms. The first-order valence-electron chi connectivity index (χ1n) is 24.4. The second-order valence-electron chi connectivity index (χ2n) is 18.9. The lowest BCUT2D eigenvalue weighted by Crippen LogP contribution is -2.61. The van der Waals surface area contributed by atoms with Crippen molar-refractivity contribution in [2.75, 3.05) is 26.2 Å². The Kier molecular flexibility index (Phi) is 23.4. The van der Waals surface area contributed by atoms with E-state index in [4.69, 9.17) is 17.2 Å². The van der Waals surface area contributed by atoms with E-state index in [1.54, 1.807) is 13.8 Å². The molecule has 10 atom stereocenters. The van der Waals surface area contributed by atoms with E-state index in [2.05, 4.69) is 31.9 Å². The van der Waals surface area contributed by atoms with Gasteiger partial charge < -0.3 is 79.1 Å². The van der Waals surface area contributed by atoms with E-state index in [9.17, 15) is 77.6 Å². The van der Waals surface area contributed by atoms with E-state index in [0.29, 0.717) is 25.7 Å². The summed E-state index contributed by atoms with van der Waals surface area (Å²) < 4.78 is 0. The predicted octanol–water partition coefficient (Wildman–Crippen LogP) is -5.25. The molecule has 28 heteroatoms. The molecule has 3 saturated heterocycles. The number of aliphatic hydroxyl groups excluding tert-OH is 1. The van der Waals surface area contributed by atoms with Crippen LogP contribution in [0.4, 0.5) is 0 Å². The van der Waals surface area contributed by atoms with Gasteiger partial charge in [-0.2, -0.15) is 0 Å². The monoisotopic (exact) mass is 1040 g/mol. The van der Waals surface area contributed by atoms with Crippen LogP contribution in [0.2, 0.25) is 0 Å². The Morgan fingerprint density at radius 1 is 0.534 bits per heavy atom. The predicted molar refractivity (Wildman–Crippen MR) is 253 cm³/mol. The number of carbonyl (C=O) groups excluding carboxylic acids is 11. The van der Waals surface area contributed by atoms with Crippen LogP contribution in [0.1, 0.15) is 111 Å². The van der Waals surface area contributed by atoms with Crippen LogP contribution in [0.3, 0.4) is 0 Å². The van der Waals surface area contributed by atoms with Gasteiger partial charge in [-0.15, -0.1) is 0 Å². The molecule has 3 rings (SSSR count). The molecule has 0 aromatic rings. The Labute approximate surface area is 421 Å². The van der Waals surface area contributed by atoms with Gasteiger partial charge >= 0.3 is 11.9 Å². The molecule has 0 aromatic heterocycles. The average Bonchev–Trinajstić information content (AvgIpc) is 4.13. The highest BCUT2D eigenvalue weighted by molar-refractivity contribution is 5.99. The molecular weight excluding hydrogens is 965 g/mol. The van der Waals surface area contributed by atoms with Crippen molar-refractivity contribution in [2.45, 2.75) is 172 Å². The number of hydrogen-bond donors (Lipinski definition) is 12. The van der Waals surface area contributed by atoms with Crippen molar-refractivity contribution < 1.29 is 77.6 Å². The van der Waals surface area contributed by atoms with Crippen LogP contribution in [0, 0.1) is 5.92 Å². The highest BCUT2D eigenvalue weighted by Crippen LogP contribution is 2.23. The Morgan fingerprint density at radius 3 is 1.42 bits per heavy atom. The zero-order valence-electron chi connectivity index (χ0n) is 41.6. The van der Waals surface area contributed by atoms with Gasteiger partial charge in [0.05, 0.1) is 12.6 Å². The van der Waals surface area contributed by atoms with Crippen molar-refractivity contribution in [3.63, 3.8) is 0 Å². The molecule has 3 fully saturated rings. The molecule has 0 saturated carbocycles. The summed E-state index contributed by atoms with van der Waals surface area (Å²) in [6.07, 6.45) is -2.52. The maximum absolute atomic E-state index is 14.0. The zero-order valence-corrected chi connectivity index (χ0v) is 41.6. The number of nitrogens with two attached hydrogens (primary N) is 3. The van der Waals surface area contributed by atoms with Crippen LogP contribution in [-0.4, -0.2) is 194 Å². The molecule has 28 nitrogen and oxygen atoms in total. The van der Waals surface area contributed by atoms with Crippen molar-refractivity contribution in [3.05, 3.63) is 0 Å². The van der Waals surface area contributed by atoms with Crippen LogP contribution in [0.25, 0.3) is 0 Å². The van der Waals surface area contributed by atoms with Gasteiger partial charge in [-0.25, -0.2) is 4.79 Å². The van der Waals surface area contributed by atoms with Gasteiger partial charge in [0.2, 0.25) is 65.0 Å². The van der Waals surface area contributed by atoms with Crippen LogP contribution in [-0.2, 0) is 62.3 Å². The number of likely N-dealkylation sites (tertiary alicyclic amines) is 3. The fourth-order valence-electron chi connectivity index (χ4n) is 8.94. The van der Waals surface area contributed by atoms with Crippen molar-refractivity contribution >= 4 is 76.9 Å². The molecule has 11 amide bonds. The first-order valence-corrected chi connectivity index (χ1v) is 24.4. The van der Waals surface area contributed by atoms with E-state index >= 15 is 0 Å². The molecule has 3 heterocycles. The Morgan fingerprint density at radius 2 is 0.959 bits per heavy atom. The summed E-state index contributed by atoms with van der Waals surface area (Å²) >= 11 is 0. The quantitative estimate of drug-likeness (QED) is 0.0348. The topological polar surface area (TPSA) is 443 Å². The number of carboxylic acids is 2. The number of nitrogens with one attached hydrogen (secondary N) is 6. The van der Waals surface area contributed by atoms with E-state index in [1.165, 1.54) is 16.7 Å². The SMILES string of the molecule is CC(C)C[C@H](NC(=O)[C@H](CCC(=O)O)NC(=O)[C@H](CCC(N)=O)NC(=O)[C@@H](NC(=O)[C@@H]1CCCN1C(=O)[C@H](C)NC(=O)[C@@H]1CCCN1C(=O)[C@H](CCC(N)=O)NC(=O)[C@@H]1CCCN1C(=O)CN)[C@@H](C)O)C(=O)O. The largest absolute Gasteiger partial charge is 0.481 e. The maximum Gasteiger partial charge on any atom is 0.326 e. The average molecular weight is 1040 g/mol. The molecular formula is C45H72N12O16. The highest BCUT2D eigenvalue weighted by atomic mass is 16.4. The Balaban J connectivity index is 1.73. The molecule has 3 aliphatic rings. The third-order valence-corrected chi connectivity index (χ3v) is 12.7. The van der Waals surface area contributed by atoms with Gasteiger partial charge in [-0.3, -0.25) is 57.5 Å². The third kappa shape index (κ3) is 17.9. The molecule has 73 heavy (non-hydrogen) atoms. The van der Waals surface area contributed by atoms with Crippen LogP contribution >= 0.6 is 0 Å². The third-order valence-electron chi connectivity index (χ3n) is 12.7. The summed E-state index contributed by atoms with van der Waals surface area (Å²) in [7, 11) is 0.